The number of para-hydroxylation sites is 1. The van der Waals surface area contributed by atoms with Gasteiger partial charge in [-0.2, -0.15) is 0 Å². The lowest BCUT2D eigenvalue weighted by Gasteiger charge is -2.22. The Morgan fingerprint density at radius 3 is 2.26 bits per heavy atom. The van der Waals surface area contributed by atoms with Gasteiger partial charge < -0.3 is 10.6 Å². The summed E-state index contributed by atoms with van der Waals surface area (Å²) in [5.41, 5.74) is 12.2. The monoisotopic (exact) mass is 254 g/mol. The SMILES string of the molecule is Cc1cc(C)cc(CN(C)c2ccccc2CN)c1. The van der Waals surface area contributed by atoms with Crippen LogP contribution in [0.15, 0.2) is 42.5 Å². The van der Waals surface area contributed by atoms with Crippen molar-refractivity contribution in [1.82, 2.24) is 0 Å². The van der Waals surface area contributed by atoms with E-state index in [0.29, 0.717) is 6.54 Å². The molecule has 2 rings (SSSR count). The average molecular weight is 254 g/mol. The lowest BCUT2D eigenvalue weighted by molar-refractivity contribution is 0.901. The van der Waals surface area contributed by atoms with Crippen LogP contribution in [0, 0.1) is 13.8 Å². The summed E-state index contributed by atoms with van der Waals surface area (Å²) in [5, 5.41) is 0. The topological polar surface area (TPSA) is 29.3 Å². The van der Waals surface area contributed by atoms with Crippen LogP contribution in [0.5, 0.6) is 0 Å². The molecule has 0 saturated heterocycles. The van der Waals surface area contributed by atoms with Crippen LogP contribution >= 0.6 is 0 Å². The van der Waals surface area contributed by atoms with E-state index in [0.717, 1.165) is 6.54 Å². The van der Waals surface area contributed by atoms with E-state index in [1.54, 1.807) is 0 Å². The Balaban J connectivity index is 2.22. The van der Waals surface area contributed by atoms with E-state index in [1.165, 1.54) is 27.9 Å². The Bertz CT molecular complexity index is 541. The van der Waals surface area contributed by atoms with Gasteiger partial charge in [-0.3, -0.25) is 0 Å². The second kappa shape index (κ2) is 5.89. The third kappa shape index (κ3) is 3.36. The van der Waals surface area contributed by atoms with Crippen molar-refractivity contribution in [2.24, 2.45) is 5.73 Å². The molecule has 0 atom stereocenters. The second-order valence-electron chi connectivity index (χ2n) is 5.18. The van der Waals surface area contributed by atoms with Gasteiger partial charge in [0.2, 0.25) is 0 Å². The molecule has 0 aliphatic carbocycles. The number of hydrogen-bond donors (Lipinski definition) is 1. The fourth-order valence-corrected chi connectivity index (χ4v) is 2.58. The van der Waals surface area contributed by atoms with Crippen LogP contribution < -0.4 is 10.6 Å². The molecule has 0 fully saturated rings. The number of hydrogen-bond acceptors (Lipinski definition) is 2. The smallest absolute Gasteiger partial charge is 0.0426 e. The van der Waals surface area contributed by atoms with Crippen LogP contribution in [-0.2, 0) is 13.1 Å². The number of benzene rings is 2. The van der Waals surface area contributed by atoms with Crippen molar-refractivity contribution in [2.45, 2.75) is 26.9 Å². The Labute approximate surface area is 115 Å². The number of nitrogens with zero attached hydrogens (tertiary/aromatic N) is 1. The summed E-state index contributed by atoms with van der Waals surface area (Å²) >= 11 is 0. The second-order valence-corrected chi connectivity index (χ2v) is 5.18. The van der Waals surface area contributed by atoms with Gasteiger partial charge in [0.05, 0.1) is 0 Å². The zero-order chi connectivity index (χ0) is 13.8. The first-order valence-corrected chi connectivity index (χ1v) is 6.66. The minimum Gasteiger partial charge on any atom is -0.370 e. The molecular formula is C17H22N2. The minimum absolute atomic E-state index is 0.577. The molecule has 0 unspecified atom stereocenters. The van der Waals surface area contributed by atoms with E-state index in [-0.39, 0.29) is 0 Å². The van der Waals surface area contributed by atoms with Crippen molar-refractivity contribution in [3.8, 4) is 0 Å². The van der Waals surface area contributed by atoms with Gasteiger partial charge in [0.15, 0.2) is 0 Å². The van der Waals surface area contributed by atoms with E-state index in [2.05, 4.69) is 62.2 Å². The van der Waals surface area contributed by atoms with Gasteiger partial charge in [0.1, 0.15) is 0 Å². The molecule has 2 nitrogen and oxygen atoms in total. The molecule has 0 amide bonds. The quantitative estimate of drug-likeness (QED) is 0.906. The predicted molar refractivity (Wildman–Crippen MR) is 82.4 cm³/mol. The number of rotatable bonds is 4. The highest BCUT2D eigenvalue weighted by atomic mass is 15.1. The highest BCUT2D eigenvalue weighted by Crippen LogP contribution is 2.21. The minimum atomic E-state index is 0.577. The summed E-state index contributed by atoms with van der Waals surface area (Å²) < 4.78 is 0. The third-order valence-corrected chi connectivity index (χ3v) is 3.32. The number of aryl methyl sites for hydroxylation is 2. The van der Waals surface area contributed by atoms with Crippen LogP contribution in [0.25, 0.3) is 0 Å². The molecule has 0 bridgehead atoms. The van der Waals surface area contributed by atoms with E-state index in [9.17, 15) is 0 Å². The van der Waals surface area contributed by atoms with Gasteiger partial charge in [-0.25, -0.2) is 0 Å². The fraction of sp³-hybridized carbons (Fsp3) is 0.294. The highest BCUT2D eigenvalue weighted by molar-refractivity contribution is 5.53. The van der Waals surface area contributed by atoms with Crippen molar-refractivity contribution in [2.75, 3.05) is 11.9 Å². The van der Waals surface area contributed by atoms with Gasteiger partial charge >= 0.3 is 0 Å². The first-order valence-electron chi connectivity index (χ1n) is 6.66. The highest BCUT2D eigenvalue weighted by Gasteiger charge is 2.07. The molecular weight excluding hydrogens is 232 g/mol. The molecule has 0 aliphatic rings. The van der Waals surface area contributed by atoms with Crippen molar-refractivity contribution in [1.29, 1.82) is 0 Å². The Morgan fingerprint density at radius 2 is 1.63 bits per heavy atom. The molecule has 0 aliphatic heterocycles. The van der Waals surface area contributed by atoms with E-state index < -0.39 is 0 Å². The molecule has 0 heterocycles. The maximum atomic E-state index is 5.80. The van der Waals surface area contributed by atoms with Crippen LogP contribution in [0.1, 0.15) is 22.3 Å². The zero-order valence-corrected chi connectivity index (χ0v) is 12.0. The maximum Gasteiger partial charge on any atom is 0.0426 e. The van der Waals surface area contributed by atoms with Crippen molar-refractivity contribution >= 4 is 5.69 Å². The summed E-state index contributed by atoms with van der Waals surface area (Å²) in [6.45, 7) is 5.77. The first-order chi connectivity index (χ1) is 9.10. The first kappa shape index (κ1) is 13.6. The standard InChI is InChI=1S/C17H22N2/c1-13-8-14(2)10-15(9-13)12-19(3)17-7-5-4-6-16(17)11-18/h4-10H,11-12,18H2,1-3H3. The van der Waals surface area contributed by atoms with Crippen LogP contribution in [0.3, 0.4) is 0 Å². The van der Waals surface area contributed by atoms with Crippen molar-refractivity contribution in [3.63, 3.8) is 0 Å². The predicted octanol–water partition coefficient (Wildman–Crippen LogP) is 3.40. The Hall–Kier alpha value is -1.80. The van der Waals surface area contributed by atoms with Crippen LogP contribution in [0.2, 0.25) is 0 Å². The molecule has 2 heteroatoms. The lowest BCUT2D eigenvalue weighted by atomic mass is 10.1. The summed E-state index contributed by atoms with van der Waals surface area (Å²) in [5.74, 6) is 0. The van der Waals surface area contributed by atoms with Gasteiger partial charge in [0, 0.05) is 25.8 Å². The van der Waals surface area contributed by atoms with E-state index in [1.807, 2.05) is 6.07 Å². The lowest BCUT2D eigenvalue weighted by Crippen LogP contribution is -2.19. The molecule has 0 spiro atoms. The molecule has 0 aromatic heterocycles. The van der Waals surface area contributed by atoms with Gasteiger partial charge in [-0.05, 0) is 31.0 Å². The van der Waals surface area contributed by atoms with Crippen molar-refractivity contribution < 1.29 is 0 Å². The molecule has 2 aromatic rings. The van der Waals surface area contributed by atoms with E-state index >= 15 is 0 Å². The average Bonchev–Trinajstić information content (AvgIpc) is 2.37. The maximum absolute atomic E-state index is 5.80. The van der Waals surface area contributed by atoms with Gasteiger partial charge in [-0.1, -0.05) is 47.5 Å². The van der Waals surface area contributed by atoms with Crippen molar-refractivity contribution in [3.05, 3.63) is 64.7 Å². The summed E-state index contributed by atoms with van der Waals surface area (Å²) in [4.78, 5) is 2.26. The molecule has 2 N–H and O–H groups in total. The Kier molecular flexibility index (Phi) is 4.23. The van der Waals surface area contributed by atoms with Crippen LogP contribution in [0.4, 0.5) is 5.69 Å². The largest absolute Gasteiger partial charge is 0.370 e. The molecule has 100 valence electrons. The van der Waals surface area contributed by atoms with Crippen LogP contribution in [-0.4, -0.2) is 7.05 Å². The normalized spacial score (nSPS) is 10.5. The summed E-state index contributed by atoms with van der Waals surface area (Å²) in [6, 6.07) is 15.0. The molecule has 0 radical (unpaired) electrons. The Morgan fingerprint density at radius 1 is 1.00 bits per heavy atom. The number of anilines is 1. The molecule has 2 aromatic carbocycles. The third-order valence-electron chi connectivity index (χ3n) is 3.32. The number of nitrogens with two attached hydrogens (primary N) is 1. The molecule has 19 heavy (non-hydrogen) atoms. The summed E-state index contributed by atoms with van der Waals surface area (Å²) in [7, 11) is 2.12. The van der Waals surface area contributed by atoms with Gasteiger partial charge in [-0.15, -0.1) is 0 Å². The summed E-state index contributed by atoms with van der Waals surface area (Å²) in [6.07, 6.45) is 0. The fourth-order valence-electron chi connectivity index (χ4n) is 2.58. The molecule has 0 saturated carbocycles. The van der Waals surface area contributed by atoms with Gasteiger partial charge in [0.25, 0.3) is 0 Å². The zero-order valence-electron chi connectivity index (χ0n) is 12.0. The van der Waals surface area contributed by atoms with E-state index in [4.69, 9.17) is 5.73 Å².